The Balaban J connectivity index is 1.71. The van der Waals surface area contributed by atoms with E-state index >= 15 is 0 Å². The normalized spacial score (nSPS) is 14.3. The van der Waals surface area contributed by atoms with Gasteiger partial charge in [0.2, 0.25) is 0 Å². The molecule has 1 aromatic heterocycles. The Kier molecular flexibility index (Phi) is 6.08. The minimum Gasteiger partial charge on any atom is -0.493 e. The molecule has 0 bridgehead atoms. The number of hydrogen-bond acceptors (Lipinski definition) is 5. The van der Waals surface area contributed by atoms with E-state index in [4.69, 9.17) is 21.1 Å². The molecule has 1 saturated heterocycles. The topological polar surface area (TPSA) is 54.9 Å². The molecule has 1 fully saturated rings. The molecule has 1 aliphatic rings. The Bertz CT molecular complexity index is 793. The SMILES string of the molecule is COc1cc(I)c(C(=O)N2CCN(c3ccc(Cl)cn3)CC2)cc1OC. The van der Waals surface area contributed by atoms with Crippen LogP contribution in [0, 0.1) is 3.57 Å². The average Bonchev–Trinajstić information content (AvgIpc) is 2.68. The number of amides is 1. The Labute approximate surface area is 171 Å². The van der Waals surface area contributed by atoms with Gasteiger partial charge in [0.15, 0.2) is 11.5 Å². The monoisotopic (exact) mass is 487 g/mol. The highest BCUT2D eigenvalue weighted by molar-refractivity contribution is 14.1. The van der Waals surface area contributed by atoms with Gasteiger partial charge >= 0.3 is 0 Å². The minimum absolute atomic E-state index is 0.000863. The van der Waals surface area contributed by atoms with Crippen molar-refractivity contribution >= 4 is 45.9 Å². The minimum atomic E-state index is -0.000863. The third-order valence-corrected chi connectivity index (χ3v) is 5.42. The zero-order valence-electron chi connectivity index (χ0n) is 14.5. The van der Waals surface area contributed by atoms with Crippen molar-refractivity contribution in [2.75, 3.05) is 45.3 Å². The van der Waals surface area contributed by atoms with E-state index in [1.807, 2.05) is 23.1 Å². The molecule has 0 aliphatic carbocycles. The molecule has 0 atom stereocenters. The first-order valence-corrected chi connectivity index (χ1v) is 9.56. The summed E-state index contributed by atoms with van der Waals surface area (Å²) in [6.07, 6.45) is 1.64. The number of pyridine rings is 1. The Morgan fingerprint density at radius 2 is 1.77 bits per heavy atom. The van der Waals surface area contributed by atoms with Crippen molar-refractivity contribution in [1.29, 1.82) is 0 Å². The molecule has 0 N–H and O–H groups in total. The first kappa shape index (κ1) is 19.0. The van der Waals surface area contributed by atoms with E-state index < -0.39 is 0 Å². The van der Waals surface area contributed by atoms with Crippen LogP contribution in [0.25, 0.3) is 0 Å². The van der Waals surface area contributed by atoms with E-state index in [9.17, 15) is 4.79 Å². The fourth-order valence-corrected chi connectivity index (χ4v) is 3.66. The molecule has 1 aliphatic heterocycles. The second-order valence-corrected chi connectivity index (χ2v) is 7.40. The molecular formula is C18H19ClIN3O3. The third kappa shape index (κ3) is 3.98. The van der Waals surface area contributed by atoms with Crippen LogP contribution in [0.1, 0.15) is 10.4 Å². The van der Waals surface area contributed by atoms with E-state index in [2.05, 4.69) is 32.5 Å². The molecule has 2 heterocycles. The quantitative estimate of drug-likeness (QED) is 0.620. The van der Waals surface area contributed by atoms with E-state index in [0.29, 0.717) is 35.2 Å². The summed E-state index contributed by atoms with van der Waals surface area (Å²) in [5.74, 6) is 2.05. The third-order valence-electron chi connectivity index (χ3n) is 4.31. The lowest BCUT2D eigenvalue weighted by atomic mass is 10.1. The van der Waals surface area contributed by atoms with Crippen molar-refractivity contribution in [3.05, 3.63) is 44.6 Å². The Morgan fingerprint density at radius 3 is 2.35 bits per heavy atom. The summed E-state index contributed by atoms with van der Waals surface area (Å²) >= 11 is 8.04. The lowest BCUT2D eigenvalue weighted by Gasteiger charge is -2.35. The zero-order valence-corrected chi connectivity index (χ0v) is 17.5. The van der Waals surface area contributed by atoms with Gasteiger partial charge in [-0.2, -0.15) is 0 Å². The number of anilines is 1. The number of halogens is 2. The highest BCUT2D eigenvalue weighted by Crippen LogP contribution is 2.32. The van der Waals surface area contributed by atoms with Crippen LogP contribution in [0.15, 0.2) is 30.5 Å². The average molecular weight is 488 g/mol. The molecular weight excluding hydrogens is 469 g/mol. The summed E-state index contributed by atoms with van der Waals surface area (Å²) < 4.78 is 11.5. The number of benzene rings is 1. The number of rotatable bonds is 4. The summed E-state index contributed by atoms with van der Waals surface area (Å²) in [5.41, 5.74) is 0.626. The van der Waals surface area contributed by atoms with Gasteiger partial charge in [-0.05, 0) is 46.9 Å². The van der Waals surface area contributed by atoms with Gasteiger partial charge in [0.1, 0.15) is 5.82 Å². The molecule has 26 heavy (non-hydrogen) atoms. The maximum Gasteiger partial charge on any atom is 0.255 e. The summed E-state index contributed by atoms with van der Waals surface area (Å²) in [6, 6.07) is 7.29. The van der Waals surface area contributed by atoms with E-state index in [1.165, 1.54) is 0 Å². The standard InChI is InChI=1S/C18H19ClIN3O3/c1-25-15-9-13(14(20)10-16(15)26-2)18(24)23-7-5-22(6-8-23)17-4-3-12(19)11-21-17/h3-4,9-11H,5-8H2,1-2H3. The van der Waals surface area contributed by atoms with Crippen LogP contribution in [0.4, 0.5) is 5.82 Å². The molecule has 0 spiro atoms. The Hall–Kier alpha value is -1.74. The first-order valence-electron chi connectivity index (χ1n) is 8.10. The number of nitrogens with zero attached hydrogens (tertiary/aromatic N) is 3. The smallest absolute Gasteiger partial charge is 0.255 e. The molecule has 3 rings (SSSR count). The van der Waals surface area contributed by atoms with Crippen molar-refractivity contribution < 1.29 is 14.3 Å². The fraction of sp³-hybridized carbons (Fsp3) is 0.333. The number of ether oxygens (including phenoxy) is 2. The van der Waals surface area contributed by atoms with Gasteiger partial charge in [0, 0.05) is 35.9 Å². The van der Waals surface area contributed by atoms with Crippen LogP contribution < -0.4 is 14.4 Å². The molecule has 0 radical (unpaired) electrons. The molecule has 1 aromatic carbocycles. The van der Waals surface area contributed by atoms with E-state index in [-0.39, 0.29) is 5.91 Å². The van der Waals surface area contributed by atoms with Gasteiger partial charge in [-0.1, -0.05) is 11.6 Å². The maximum absolute atomic E-state index is 12.9. The van der Waals surface area contributed by atoms with Crippen LogP contribution in [0.5, 0.6) is 11.5 Å². The van der Waals surface area contributed by atoms with Crippen molar-refractivity contribution in [2.24, 2.45) is 0 Å². The largest absolute Gasteiger partial charge is 0.493 e. The van der Waals surface area contributed by atoms with Crippen molar-refractivity contribution in [1.82, 2.24) is 9.88 Å². The summed E-state index contributed by atoms with van der Waals surface area (Å²) in [6.45, 7) is 2.72. The van der Waals surface area contributed by atoms with E-state index in [1.54, 1.807) is 26.5 Å². The summed E-state index contributed by atoms with van der Waals surface area (Å²) in [4.78, 5) is 21.3. The van der Waals surface area contributed by atoms with E-state index in [0.717, 1.165) is 22.5 Å². The molecule has 0 saturated carbocycles. The lowest BCUT2D eigenvalue weighted by Crippen LogP contribution is -2.49. The number of piperazine rings is 1. The second-order valence-electron chi connectivity index (χ2n) is 5.80. The Morgan fingerprint density at radius 1 is 1.12 bits per heavy atom. The van der Waals surface area contributed by atoms with Crippen LogP contribution in [0.2, 0.25) is 5.02 Å². The van der Waals surface area contributed by atoms with Crippen LogP contribution in [-0.2, 0) is 0 Å². The van der Waals surface area contributed by atoms with Gasteiger partial charge in [-0.25, -0.2) is 4.98 Å². The summed E-state index contributed by atoms with van der Waals surface area (Å²) in [7, 11) is 3.15. The maximum atomic E-state index is 12.9. The van der Waals surface area contributed by atoms with Gasteiger partial charge in [-0.15, -0.1) is 0 Å². The second kappa shape index (κ2) is 8.30. The van der Waals surface area contributed by atoms with Crippen molar-refractivity contribution in [3.63, 3.8) is 0 Å². The molecule has 8 heteroatoms. The zero-order chi connectivity index (χ0) is 18.7. The number of hydrogen-bond donors (Lipinski definition) is 0. The highest BCUT2D eigenvalue weighted by atomic mass is 127. The summed E-state index contributed by atoms with van der Waals surface area (Å²) in [5, 5.41) is 0.616. The van der Waals surface area contributed by atoms with Crippen molar-refractivity contribution in [3.8, 4) is 11.5 Å². The molecule has 138 valence electrons. The molecule has 1 amide bonds. The van der Waals surface area contributed by atoms with Crippen LogP contribution in [-0.4, -0.2) is 56.2 Å². The molecule has 0 unspecified atom stereocenters. The predicted molar refractivity (Wildman–Crippen MR) is 110 cm³/mol. The molecule has 2 aromatic rings. The molecule has 6 nitrogen and oxygen atoms in total. The van der Waals surface area contributed by atoms with Gasteiger partial charge < -0.3 is 19.3 Å². The van der Waals surface area contributed by atoms with Gasteiger partial charge in [0.25, 0.3) is 5.91 Å². The fourth-order valence-electron chi connectivity index (χ4n) is 2.88. The van der Waals surface area contributed by atoms with Crippen molar-refractivity contribution in [2.45, 2.75) is 0 Å². The first-order chi connectivity index (χ1) is 12.5. The van der Waals surface area contributed by atoms with Gasteiger partial charge in [-0.3, -0.25) is 4.79 Å². The lowest BCUT2D eigenvalue weighted by molar-refractivity contribution is 0.0745. The predicted octanol–water partition coefficient (Wildman–Crippen LogP) is 3.32. The van der Waals surface area contributed by atoms with Crippen LogP contribution >= 0.6 is 34.2 Å². The van der Waals surface area contributed by atoms with Crippen LogP contribution in [0.3, 0.4) is 0 Å². The highest BCUT2D eigenvalue weighted by Gasteiger charge is 2.25. The van der Waals surface area contributed by atoms with Gasteiger partial charge in [0.05, 0.1) is 24.8 Å². The number of aromatic nitrogens is 1. The number of carbonyl (C=O) groups excluding carboxylic acids is 1. The number of methoxy groups -OCH3 is 2. The number of carbonyl (C=O) groups is 1.